The molecule has 166 valence electrons. The molecule has 1 aromatic heterocycles. The molecule has 0 spiro atoms. The van der Waals surface area contributed by atoms with Crippen LogP contribution in [0.1, 0.15) is 22.8 Å². The van der Waals surface area contributed by atoms with E-state index in [2.05, 4.69) is 15.5 Å². The maximum Gasteiger partial charge on any atom is 0.343 e. The molecule has 1 heterocycles. The molecule has 10 heteroatoms. The van der Waals surface area contributed by atoms with Gasteiger partial charge in [-0.15, -0.1) is 0 Å². The number of non-ortho nitro benzene ring substituents is 1. The molecule has 0 amide bonds. The summed E-state index contributed by atoms with van der Waals surface area (Å²) in [5.41, 5.74) is 4.39. The van der Waals surface area contributed by atoms with Crippen molar-refractivity contribution in [3.05, 3.63) is 88.0 Å². The number of benzene rings is 3. The number of fused-ring (bicyclic) bond motifs is 1. The number of aromatic nitrogens is 1. The maximum atomic E-state index is 12.5. The van der Waals surface area contributed by atoms with E-state index in [9.17, 15) is 14.9 Å². The van der Waals surface area contributed by atoms with Gasteiger partial charge in [-0.2, -0.15) is 5.10 Å². The molecule has 3 aromatic carbocycles. The van der Waals surface area contributed by atoms with Crippen molar-refractivity contribution in [3.63, 3.8) is 0 Å². The second kappa shape index (κ2) is 9.88. The average molecular weight is 462 g/mol. The summed E-state index contributed by atoms with van der Waals surface area (Å²) in [5.74, 6) is -0.177. The first-order chi connectivity index (χ1) is 16.0. The van der Waals surface area contributed by atoms with Crippen molar-refractivity contribution in [3.8, 4) is 11.5 Å². The number of rotatable bonds is 8. The molecular weight excluding hydrogens is 444 g/mol. The van der Waals surface area contributed by atoms with Crippen molar-refractivity contribution in [2.45, 2.75) is 6.92 Å². The number of carbonyl (C=O) groups is 1. The number of nitrogens with one attached hydrogen (secondary N) is 1. The molecule has 0 fully saturated rings. The highest BCUT2D eigenvalue weighted by Crippen LogP contribution is 2.29. The number of nitrogens with zero attached hydrogens (tertiary/aromatic N) is 3. The molecule has 33 heavy (non-hydrogen) atoms. The lowest BCUT2D eigenvalue weighted by Gasteiger charge is -2.11. The minimum absolute atomic E-state index is 0.0670. The van der Waals surface area contributed by atoms with Crippen molar-refractivity contribution in [2.75, 3.05) is 12.0 Å². The summed E-state index contributed by atoms with van der Waals surface area (Å²) in [5, 5.41) is 15.8. The Morgan fingerprint density at radius 2 is 2.00 bits per heavy atom. The zero-order chi connectivity index (χ0) is 23.2. The van der Waals surface area contributed by atoms with Gasteiger partial charge in [0.25, 0.3) is 5.69 Å². The van der Waals surface area contributed by atoms with Gasteiger partial charge < -0.3 is 9.47 Å². The monoisotopic (exact) mass is 462 g/mol. The van der Waals surface area contributed by atoms with Crippen molar-refractivity contribution >= 4 is 44.6 Å². The van der Waals surface area contributed by atoms with Crippen LogP contribution in [0, 0.1) is 10.1 Å². The number of para-hydroxylation sites is 1. The average Bonchev–Trinajstić information content (AvgIpc) is 3.23. The lowest BCUT2D eigenvalue weighted by molar-refractivity contribution is -0.384. The fraction of sp³-hybridized carbons (Fsp3) is 0.0870. The number of esters is 1. The number of thiazole rings is 1. The molecule has 0 radical (unpaired) electrons. The Bertz CT molecular complexity index is 1320. The summed E-state index contributed by atoms with van der Waals surface area (Å²) in [6.07, 6.45) is 1.60. The van der Waals surface area contributed by atoms with Crippen LogP contribution in [-0.4, -0.2) is 28.7 Å². The second-order valence-electron chi connectivity index (χ2n) is 6.69. The SMILES string of the molecule is CCOc1cc(/C=N/Nc2nc3ccccc3s2)ccc1OC(=O)c1cccc([N+](=O)[O-])c1. The highest BCUT2D eigenvalue weighted by atomic mass is 32.1. The predicted molar refractivity (Wildman–Crippen MR) is 127 cm³/mol. The third-order valence-electron chi connectivity index (χ3n) is 4.43. The minimum Gasteiger partial charge on any atom is -0.490 e. The van der Waals surface area contributed by atoms with Gasteiger partial charge in [-0.1, -0.05) is 29.5 Å². The fourth-order valence-corrected chi connectivity index (χ4v) is 3.76. The van der Waals surface area contributed by atoms with Crippen LogP contribution in [0.4, 0.5) is 10.8 Å². The van der Waals surface area contributed by atoms with E-state index < -0.39 is 10.9 Å². The Balaban J connectivity index is 1.48. The first-order valence-electron chi connectivity index (χ1n) is 9.91. The topological polar surface area (TPSA) is 116 Å². The van der Waals surface area contributed by atoms with Gasteiger partial charge in [-0.25, -0.2) is 9.78 Å². The van der Waals surface area contributed by atoms with E-state index in [0.29, 0.717) is 23.1 Å². The second-order valence-corrected chi connectivity index (χ2v) is 7.72. The normalized spacial score (nSPS) is 10.9. The molecule has 0 bridgehead atoms. The summed E-state index contributed by atoms with van der Waals surface area (Å²) >= 11 is 1.49. The predicted octanol–water partition coefficient (Wildman–Crippen LogP) is 5.27. The summed E-state index contributed by atoms with van der Waals surface area (Å²) in [6.45, 7) is 2.16. The molecule has 0 aliphatic rings. The lowest BCUT2D eigenvalue weighted by Crippen LogP contribution is -2.10. The van der Waals surface area contributed by atoms with Crippen molar-refractivity contribution < 1.29 is 19.2 Å². The summed E-state index contributed by atoms with van der Waals surface area (Å²) in [6, 6.07) is 18.1. The number of anilines is 1. The molecule has 0 aliphatic carbocycles. The van der Waals surface area contributed by atoms with Gasteiger partial charge in [0.2, 0.25) is 5.13 Å². The number of nitro groups is 1. The summed E-state index contributed by atoms with van der Waals surface area (Å²) < 4.78 is 12.1. The number of hydrogen-bond donors (Lipinski definition) is 1. The van der Waals surface area contributed by atoms with E-state index in [1.165, 1.54) is 29.5 Å². The Kier molecular flexibility index (Phi) is 6.56. The highest BCUT2D eigenvalue weighted by Gasteiger charge is 2.16. The molecule has 9 nitrogen and oxygen atoms in total. The standard InChI is InChI=1S/C23H18N4O5S/c1-2-31-20-12-15(14-24-26-23-25-18-8-3-4-9-21(18)33-23)10-11-19(20)32-22(28)16-6-5-7-17(13-16)27(29)30/h3-14H,2H2,1H3,(H,25,26)/b24-14+. The first kappa shape index (κ1) is 21.9. The molecule has 1 N–H and O–H groups in total. The van der Waals surface area contributed by atoms with Crippen LogP contribution in [0.15, 0.2) is 71.8 Å². The van der Waals surface area contributed by atoms with Gasteiger partial charge in [-0.3, -0.25) is 15.5 Å². The molecule has 0 unspecified atom stereocenters. The quantitative estimate of drug-likeness (QED) is 0.125. The molecule has 0 aliphatic heterocycles. The Morgan fingerprint density at radius 1 is 1.15 bits per heavy atom. The van der Waals surface area contributed by atoms with Crippen LogP contribution in [-0.2, 0) is 0 Å². The van der Waals surface area contributed by atoms with E-state index in [-0.39, 0.29) is 17.0 Å². The van der Waals surface area contributed by atoms with Gasteiger partial charge in [0.05, 0.1) is 33.5 Å². The van der Waals surface area contributed by atoms with Crippen LogP contribution in [0.2, 0.25) is 0 Å². The third kappa shape index (κ3) is 5.31. The molecule has 0 atom stereocenters. The summed E-state index contributed by atoms with van der Waals surface area (Å²) in [7, 11) is 0. The van der Waals surface area contributed by atoms with Crippen LogP contribution in [0.5, 0.6) is 11.5 Å². The number of hydrogen-bond acceptors (Lipinski definition) is 9. The maximum absolute atomic E-state index is 12.5. The molecule has 4 rings (SSSR count). The first-order valence-corrected chi connectivity index (χ1v) is 10.7. The van der Waals surface area contributed by atoms with Gasteiger partial charge >= 0.3 is 5.97 Å². The van der Waals surface area contributed by atoms with Gasteiger partial charge in [0.15, 0.2) is 11.5 Å². The number of nitro benzene ring substituents is 1. The van der Waals surface area contributed by atoms with Crippen LogP contribution in [0.25, 0.3) is 10.2 Å². The smallest absolute Gasteiger partial charge is 0.343 e. The largest absolute Gasteiger partial charge is 0.490 e. The van der Waals surface area contributed by atoms with Crippen LogP contribution >= 0.6 is 11.3 Å². The highest BCUT2D eigenvalue weighted by molar-refractivity contribution is 7.22. The molecule has 0 saturated carbocycles. The zero-order valence-corrected chi connectivity index (χ0v) is 18.2. The van der Waals surface area contributed by atoms with E-state index in [0.717, 1.165) is 16.3 Å². The van der Waals surface area contributed by atoms with Gasteiger partial charge in [-0.05, 0) is 48.9 Å². The van der Waals surface area contributed by atoms with Gasteiger partial charge in [0.1, 0.15) is 0 Å². The number of ether oxygens (including phenoxy) is 2. The van der Waals surface area contributed by atoms with E-state index >= 15 is 0 Å². The molecular formula is C23H18N4O5S. The van der Waals surface area contributed by atoms with Gasteiger partial charge in [0, 0.05) is 12.1 Å². The Morgan fingerprint density at radius 3 is 2.79 bits per heavy atom. The Hall–Kier alpha value is -4.31. The van der Waals surface area contributed by atoms with E-state index in [1.807, 2.05) is 31.2 Å². The van der Waals surface area contributed by atoms with Crippen molar-refractivity contribution in [1.29, 1.82) is 0 Å². The number of hydrazone groups is 1. The number of carbonyl (C=O) groups excluding carboxylic acids is 1. The van der Waals surface area contributed by atoms with Crippen LogP contribution < -0.4 is 14.9 Å². The molecule has 0 saturated heterocycles. The summed E-state index contributed by atoms with van der Waals surface area (Å²) in [4.78, 5) is 27.3. The fourth-order valence-electron chi connectivity index (χ4n) is 2.94. The van der Waals surface area contributed by atoms with Crippen molar-refractivity contribution in [1.82, 2.24) is 4.98 Å². The van der Waals surface area contributed by atoms with Crippen molar-refractivity contribution in [2.24, 2.45) is 5.10 Å². The van der Waals surface area contributed by atoms with E-state index in [4.69, 9.17) is 9.47 Å². The third-order valence-corrected chi connectivity index (χ3v) is 5.37. The Labute approximate surface area is 192 Å². The zero-order valence-electron chi connectivity index (χ0n) is 17.4. The van der Waals surface area contributed by atoms with Crippen LogP contribution in [0.3, 0.4) is 0 Å². The van der Waals surface area contributed by atoms with E-state index in [1.54, 1.807) is 24.4 Å². The molecule has 4 aromatic rings. The minimum atomic E-state index is -0.724. The lowest BCUT2D eigenvalue weighted by atomic mass is 10.2.